The highest BCUT2D eigenvalue weighted by atomic mass is 16.2. The number of carbonyl (C=O) groups excluding carboxylic acids is 1. The Balaban J connectivity index is 1.59. The number of para-hydroxylation sites is 1. The predicted octanol–water partition coefficient (Wildman–Crippen LogP) is 4.94. The Labute approximate surface area is 203 Å². The second-order valence-corrected chi connectivity index (χ2v) is 9.10. The molecule has 3 aromatic carbocycles. The molecule has 0 aliphatic carbocycles. The quantitative estimate of drug-likeness (QED) is 0.387. The molecule has 0 bridgehead atoms. The van der Waals surface area contributed by atoms with Gasteiger partial charge in [0.15, 0.2) is 5.69 Å². The number of carbonyl (C=O) groups is 1. The van der Waals surface area contributed by atoms with Gasteiger partial charge in [0.1, 0.15) is 5.52 Å². The van der Waals surface area contributed by atoms with Crippen LogP contribution in [0.3, 0.4) is 0 Å². The van der Waals surface area contributed by atoms with Gasteiger partial charge in [-0.05, 0) is 50.5 Å². The summed E-state index contributed by atoms with van der Waals surface area (Å²) in [6.45, 7) is 3.99. The van der Waals surface area contributed by atoms with Gasteiger partial charge in [0.05, 0.1) is 5.69 Å². The summed E-state index contributed by atoms with van der Waals surface area (Å²) < 4.78 is 3.19. The molecule has 0 aliphatic heterocycles. The molecule has 0 aliphatic rings. The van der Waals surface area contributed by atoms with Crippen molar-refractivity contribution in [3.05, 3.63) is 106 Å². The van der Waals surface area contributed by atoms with E-state index in [2.05, 4.69) is 22.5 Å². The van der Waals surface area contributed by atoms with Gasteiger partial charge in [-0.3, -0.25) is 9.59 Å². The fourth-order valence-electron chi connectivity index (χ4n) is 4.59. The maximum absolute atomic E-state index is 13.6. The molecule has 0 unspecified atom stereocenters. The monoisotopic (exact) mass is 464 g/mol. The van der Waals surface area contributed by atoms with E-state index in [4.69, 9.17) is 0 Å². The Kier molecular flexibility index (Phi) is 5.95. The van der Waals surface area contributed by atoms with Gasteiger partial charge >= 0.3 is 0 Å². The van der Waals surface area contributed by atoms with E-state index in [-0.39, 0.29) is 23.2 Å². The molecule has 5 aromatic rings. The molecule has 2 aromatic heterocycles. The SMILES string of the molecule is Cc1ccc(-n2nc(C(=O)N[C@@H](C)CCc3ccccc3)c3c4ccccc4n(C)c3c2=O)cc1. The third-order valence-electron chi connectivity index (χ3n) is 6.52. The number of amides is 1. The molecule has 1 atom stereocenters. The lowest BCUT2D eigenvalue weighted by Gasteiger charge is -2.15. The summed E-state index contributed by atoms with van der Waals surface area (Å²) in [6.07, 6.45) is 1.66. The first-order valence-corrected chi connectivity index (χ1v) is 11.9. The molecular formula is C29H28N4O2. The number of aromatic nitrogens is 3. The van der Waals surface area contributed by atoms with Crippen LogP contribution in [-0.4, -0.2) is 26.3 Å². The molecule has 1 amide bonds. The molecule has 0 fully saturated rings. The van der Waals surface area contributed by atoms with Crippen molar-refractivity contribution in [2.24, 2.45) is 7.05 Å². The Hall–Kier alpha value is -4.19. The standard InChI is InChI=1S/C29H28N4O2/c1-19-13-17-22(18-14-19)33-29(35)27-25(23-11-7-8-12-24(23)32(27)3)26(31-33)28(34)30-20(2)15-16-21-9-5-4-6-10-21/h4-14,17-18,20H,15-16H2,1-3H3,(H,30,34)/t20-/m0/s1. The second-order valence-electron chi connectivity index (χ2n) is 9.10. The minimum atomic E-state index is -0.284. The van der Waals surface area contributed by atoms with Crippen LogP contribution in [0.15, 0.2) is 83.7 Å². The summed E-state index contributed by atoms with van der Waals surface area (Å²) in [4.78, 5) is 27.2. The van der Waals surface area contributed by atoms with Gasteiger partial charge in [-0.1, -0.05) is 66.2 Å². The van der Waals surface area contributed by atoms with E-state index < -0.39 is 0 Å². The Morgan fingerprint density at radius 1 is 0.971 bits per heavy atom. The number of fused-ring (bicyclic) bond motifs is 3. The average Bonchev–Trinajstić information content (AvgIpc) is 3.17. The van der Waals surface area contributed by atoms with Crippen molar-refractivity contribution >= 4 is 27.7 Å². The van der Waals surface area contributed by atoms with E-state index in [1.807, 2.05) is 92.2 Å². The van der Waals surface area contributed by atoms with Crippen molar-refractivity contribution < 1.29 is 4.79 Å². The zero-order chi connectivity index (χ0) is 24.5. The number of hydrogen-bond donors (Lipinski definition) is 1. The molecule has 2 heterocycles. The van der Waals surface area contributed by atoms with E-state index in [0.29, 0.717) is 16.6 Å². The zero-order valence-corrected chi connectivity index (χ0v) is 20.2. The third-order valence-corrected chi connectivity index (χ3v) is 6.52. The van der Waals surface area contributed by atoms with Gasteiger partial charge in [0, 0.05) is 29.4 Å². The molecule has 0 saturated heterocycles. The summed E-state index contributed by atoms with van der Waals surface area (Å²) in [6, 6.07) is 25.5. The Bertz CT molecular complexity index is 1580. The van der Waals surface area contributed by atoms with Gasteiger partial charge in [-0.15, -0.1) is 0 Å². The summed E-state index contributed by atoms with van der Waals surface area (Å²) >= 11 is 0. The predicted molar refractivity (Wildman–Crippen MR) is 140 cm³/mol. The van der Waals surface area contributed by atoms with Crippen molar-refractivity contribution in [2.45, 2.75) is 32.7 Å². The van der Waals surface area contributed by atoms with Gasteiger partial charge in [0.25, 0.3) is 11.5 Å². The van der Waals surface area contributed by atoms with Crippen molar-refractivity contribution in [3.8, 4) is 5.69 Å². The molecule has 6 nitrogen and oxygen atoms in total. The first kappa shape index (κ1) is 22.6. The second kappa shape index (κ2) is 9.22. The number of hydrogen-bond acceptors (Lipinski definition) is 3. The fourth-order valence-corrected chi connectivity index (χ4v) is 4.59. The topological polar surface area (TPSA) is 68.9 Å². The van der Waals surface area contributed by atoms with Crippen molar-refractivity contribution in [1.82, 2.24) is 19.7 Å². The van der Waals surface area contributed by atoms with Crippen LogP contribution in [0.1, 0.15) is 35.0 Å². The number of nitrogens with zero attached hydrogens (tertiary/aromatic N) is 3. The summed E-state index contributed by atoms with van der Waals surface area (Å²) in [5.41, 5.74) is 4.28. The molecule has 6 heteroatoms. The molecule has 0 spiro atoms. The molecular weight excluding hydrogens is 436 g/mol. The van der Waals surface area contributed by atoms with E-state index in [0.717, 1.165) is 29.3 Å². The highest BCUT2D eigenvalue weighted by Crippen LogP contribution is 2.28. The van der Waals surface area contributed by atoms with Crippen LogP contribution in [0.5, 0.6) is 0 Å². The van der Waals surface area contributed by atoms with E-state index in [1.54, 1.807) is 0 Å². The van der Waals surface area contributed by atoms with Crippen LogP contribution in [0.4, 0.5) is 0 Å². The average molecular weight is 465 g/mol. The van der Waals surface area contributed by atoms with Crippen LogP contribution in [0.25, 0.3) is 27.5 Å². The summed E-state index contributed by atoms with van der Waals surface area (Å²) in [5, 5.41) is 9.16. The lowest BCUT2D eigenvalue weighted by Crippen LogP contribution is -2.35. The fraction of sp³-hybridized carbons (Fsp3) is 0.207. The molecule has 176 valence electrons. The lowest BCUT2D eigenvalue weighted by atomic mass is 10.1. The molecule has 35 heavy (non-hydrogen) atoms. The maximum Gasteiger partial charge on any atom is 0.296 e. The number of aryl methyl sites for hydroxylation is 3. The van der Waals surface area contributed by atoms with Crippen LogP contribution in [0.2, 0.25) is 0 Å². The first-order chi connectivity index (χ1) is 16.9. The van der Waals surface area contributed by atoms with Gasteiger partial charge in [-0.25, -0.2) is 0 Å². The summed E-state index contributed by atoms with van der Waals surface area (Å²) in [5.74, 6) is -0.284. The highest BCUT2D eigenvalue weighted by molar-refractivity contribution is 6.16. The normalized spacial score (nSPS) is 12.2. The number of nitrogens with one attached hydrogen (secondary N) is 1. The molecule has 1 N–H and O–H groups in total. The van der Waals surface area contributed by atoms with Gasteiger partial charge in [0.2, 0.25) is 0 Å². The van der Waals surface area contributed by atoms with Crippen LogP contribution < -0.4 is 10.9 Å². The van der Waals surface area contributed by atoms with Crippen molar-refractivity contribution in [2.75, 3.05) is 0 Å². The maximum atomic E-state index is 13.6. The zero-order valence-electron chi connectivity index (χ0n) is 20.2. The Morgan fingerprint density at radius 2 is 1.66 bits per heavy atom. The van der Waals surface area contributed by atoms with E-state index in [9.17, 15) is 9.59 Å². The van der Waals surface area contributed by atoms with Crippen molar-refractivity contribution in [3.63, 3.8) is 0 Å². The largest absolute Gasteiger partial charge is 0.348 e. The van der Waals surface area contributed by atoms with Crippen molar-refractivity contribution in [1.29, 1.82) is 0 Å². The summed E-state index contributed by atoms with van der Waals surface area (Å²) in [7, 11) is 1.86. The Morgan fingerprint density at radius 3 is 2.40 bits per heavy atom. The van der Waals surface area contributed by atoms with E-state index >= 15 is 0 Å². The molecule has 0 radical (unpaired) electrons. The van der Waals surface area contributed by atoms with Crippen LogP contribution in [-0.2, 0) is 13.5 Å². The number of rotatable bonds is 6. The first-order valence-electron chi connectivity index (χ1n) is 11.9. The van der Waals surface area contributed by atoms with Gasteiger partial charge in [-0.2, -0.15) is 9.78 Å². The lowest BCUT2D eigenvalue weighted by molar-refractivity contribution is 0.0933. The van der Waals surface area contributed by atoms with E-state index in [1.165, 1.54) is 10.2 Å². The number of benzene rings is 3. The minimum Gasteiger partial charge on any atom is -0.348 e. The molecule has 5 rings (SSSR count). The molecule has 0 saturated carbocycles. The van der Waals surface area contributed by atoms with Crippen LogP contribution >= 0.6 is 0 Å². The van der Waals surface area contributed by atoms with Gasteiger partial charge < -0.3 is 9.88 Å². The smallest absolute Gasteiger partial charge is 0.296 e. The third kappa shape index (κ3) is 4.23. The van der Waals surface area contributed by atoms with Crippen LogP contribution in [0, 0.1) is 6.92 Å². The highest BCUT2D eigenvalue weighted by Gasteiger charge is 2.24. The minimum absolute atomic E-state index is 0.0608.